The van der Waals surface area contributed by atoms with Gasteiger partial charge in [-0.25, -0.2) is 4.79 Å². The van der Waals surface area contributed by atoms with E-state index in [1.807, 2.05) is 37.3 Å². The van der Waals surface area contributed by atoms with Crippen molar-refractivity contribution in [1.82, 2.24) is 10.2 Å². The number of benzene rings is 2. The van der Waals surface area contributed by atoms with E-state index in [4.69, 9.17) is 10.00 Å². The lowest BCUT2D eigenvalue weighted by atomic mass is 10.1. The zero-order valence-corrected chi connectivity index (χ0v) is 17.7. The van der Waals surface area contributed by atoms with E-state index in [0.29, 0.717) is 38.5 Å². The molecule has 0 radical (unpaired) electrons. The molecule has 0 spiro atoms. The number of rotatable bonds is 6. The van der Waals surface area contributed by atoms with Crippen molar-refractivity contribution < 1.29 is 22.7 Å². The molecule has 1 saturated heterocycles. The average molecular weight is 446 g/mol. The number of piperazine rings is 1. The van der Waals surface area contributed by atoms with Crippen LogP contribution in [0, 0.1) is 11.3 Å². The van der Waals surface area contributed by atoms with Crippen LogP contribution in [0.4, 0.5) is 23.7 Å². The molecule has 1 heterocycles. The number of anilines is 1. The minimum Gasteiger partial charge on any atom is -0.375 e. The summed E-state index contributed by atoms with van der Waals surface area (Å²) in [5.41, 5.74) is -0.0166. The maximum atomic E-state index is 13.4. The van der Waals surface area contributed by atoms with Gasteiger partial charge >= 0.3 is 12.2 Å². The predicted molar refractivity (Wildman–Crippen MR) is 114 cm³/mol. The highest BCUT2D eigenvalue weighted by atomic mass is 19.4. The Morgan fingerprint density at radius 2 is 1.97 bits per heavy atom. The zero-order valence-electron chi connectivity index (χ0n) is 17.7. The summed E-state index contributed by atoms with van der Waals surface area (Å²) >= 11 is 0. The predicted octanol–water partition coefficient (Wildman–Crippen LogP) is 4.01. The highest BCUT2D eigenvalue weighted by Crippen LogP contribution is 2.35. The van der Waals surface area contributed by atoms with E-state index in [1.54, 1.807) is 15.9 Å². The minimum absolute atomic E-state index is 0.226. The highest BCUT2D eigenvalue weighted by Gasteiger charge is 2.35. The zero-order chi connectivity index (χ0) is 23.1. The van der Waals surface area contributed by atoms with Gasteiger partial charge in [-0.2, -0.15) is 18.4 Å². The minimum atomic E-state index is -4.62. The Morgan fingerprint density at radius 3 is 2.62 bits per heavy atom. The fourth-order valence-corrected chi connectivity index (χ4v) is 3.70. The topological polar surface area (TPSA) is 68.6 Å². The average Bonchev–Trinajstić information content (AvgIpc) is 2.79. The molecule has 6 nitrogen and oxygen atoms in total. The summed E-state index contributed by atoms with van der Waals surface area (Å²) in [5, 5.41) is 11.8. The highest BCUT2D eigenvalue weighted by molar-refractivity contribution is 5.75. The van der Waals surface area contributed by atoms with E-state index >= 15 is 0 Å². The van der Waals surface area contributed by atoms with E-state index in [-0.39, 0.29) is 18.7 Å². The number of urea groups is 1. The molecule has 0 saturated carbocycles. The first-order valence-electron chi connectivity index (χ1n) is 10.4. The Kier molecular flexibility index (Phi) is 7.59. The molecule has 1 N–H and O–H groups in total. The van der Waals surface area contributed by atoms with Crippen LogP contribution in [0.1, 0.15) is 23.6 Å². The molecular weight excluding hydrogens is 421 g/mol. The third-order valence-corrected chi connectivity index (χ3v) is 5.29. The Balaban J connectivity index is 1.77. The van der Waals surface area contributed by atoms with Crippen molar-refractivity contribution in [3.8, 4) is 6.07 Å². The molecule has 2 aromatic rings. The fourth-order valence-electron chi connectivity index (χ4n) is 3.70. The van der Waals surface area contributed by atoms with E-state index in [1.165, 1.54) is 12.1 Å². The van der Waals surface area contributed by atoms with Gasteiger partial charge in [0.2, 0.25) is 0 Å². The largest absolute Gasteiger partial charge is 0.417 e. The van der Waals surface area contributed by atoms with Crippen molar-refractivity contribution in [2.45, 2.75) is 25.7 Å². The van der Waals surface area contributed by atoms with Crippen molar-refractivity contribution in [2.75, 3.05) is 37.7 Å². The van der Waals surface area contributed by atoms with Crippen molar-refractivity contribution in [3.63, 3.8) is 0 Å². The van der Waals surface area contributed by atoms with Gasteiger partial charge in [0.05, 0.1) is 36.5 Å². The number of carbonyl (C=O) groups excluding carboxylic acids is 1. The molecule has 32 heavy (non-hydrogen) atoms. The van der Waals surface area contributed by atoms with Crippen LogP contribution >= 0.6 is 0 Å². The summed E-state index contributed by atoms with van der Waals surface area (Å²) in [6.45, 7) is 3.93. The molecule has 1 atom stereocenters. The number of hydrogen-bond acceptors (Lipinski definition) is 4. The van der Waals surface area contributed by atoms with Crippen LogP contribution in [0.15, 0.2) is 48.5 Å². The molecule has 1 aliphatic heterocycles. The van der Waals surface area contributed by atoms with Crippen LogP contribution in [0.25, 0.3) is 0 Å². The molecule has 1 unspecified atom stereocenters. The van der Waals surface area contributed by atoms with Crippen LogP contribution < -0.4 is 10.2 Å². The van der Waals surface area contributed by atoms with Gasteiger partial charge in [0.1, 0.15) is 0 Å². The van der Waals surface area contributed by atoms with Gasteiger partial charge < -0.3 is 19.9 Å². The standard InChI is InChI=1S/C23H25F3N4O2/c1-2-28-22(31)30-11-10-29(14-20(30)16-32-15-17-6-4-3-5-7-17)19-9-8-18(13-27)21(12-19)23(24,25)26/h3-9,12,20H,2,10-11,14-16H2,1H3,(H,28,31). The molecule has 2 aromatic carbocycles. The normalized spacial score (nSPS) is 16.5. The van der Waals surface area contributed by atoms with Gasteiger partial charge in [-0.1, -0.05) is 30.3 Å². The van der Waals surface area contributed by atoms with Crippen molar-refractivity contribution >= 4 is 11.7 Å². The molecule has 170 valence electrons. The molecular formula is C23H25F3N4O2. The number of carbonyl (C=O) groups is 1. The quantitative estimate of drug-likeness (QED) is 0.728. The van der Waals surface area contributed by atoms with Crippen molar-refractivity contribution in [3.05, 3.63) is 65.2 Å². The lowest BCUT2D eigenvalue weighted by molar-refractivity contribution is -0.137. The Bertz CT molecular complexity index is 960. The Hall–Kier alpha value is -3.25. The third kappa shape index (κ3) is 5.71. The van der Waals surface area contributed by atoms with Crippen LogP contribution in [-0.4, -0.2) is 49.8 Å². The van der Waals surface area contributed by atoms with Gasteiger partial charge in [-0.05, 0) is 30.7 Å². The summed E-state index contributed by atoms with van der Waals surface area (Å²) in [6.07, 6.45) is -4.62. The second-order valence-electron chi connectivity index (χ2n) is 7.47. The van der Waals surface area contributed by atoms with Gasteiger partial charge in [0.15, 0.2) is 0 Å². The number of ether oxygens (including phenoxy) is 1. The van der Waals surface area contributed by atoms with Gasteiger partial charge in [-0.3, -0.25) is 0 Å². The molecule has 1 fully saturated rings. The molecule has 1 aliphatic rings. The number of halogens is 3. The van der Waals surface area contributed by atoms with Crippen molar-refractivity contribution in [2.24, 2.45) is 0 Å². The van der Waals surface area contributed by atoms with E-state index in [0.717, 1.165) is 11.6 Å². The smallest absolute Gasteiger partial charge is 0.375 e. The van der Waals surface area contributed by atoms with Crippen LogP contribution in [0.2, 0.25) is 0 Å². The summed E-state index contributed by atoms with van der Waals surface area (Å²) in [6, 6.07) is 14.3. The number of amides is 2. The number of nitriles is 1. The maximum absolute atomic E-state index is 13.4. The molecule has 2 amide bonds. The lowest BCUT2D eigenvalue weighted by Gasteiger charge is -2.42. The van der Waals surface area contributed by atoms with Gasteiger partial charge in [0, 0.05) is 31.9 Å². The number of nitrogens with zero attached hydrogens (tertiary/aromatic N) is 3. The van der Waals surface area contributed by atoms with E-state index in [9.17, 15) is 18.0 Å². The van der Waals surface area contributed by atoms with Crippen molar-refractivity contribution in [1.29, 1.82) is 5.26 Å². The molecule has 3 rings (SSSR count). The first-order chi connectivity index (χ1) is 15.3. The van der Waals surface area contributed by atoms with E-state index < -0.39 is 17.3 Å². The second kappa shape index (κ2) is 10.4. The number of hydrogen-bond donors (Lipinski definition) is 1. The monoisotopic (exact) mass is 446 g/mol. The molecule has 0 bridgehead atoms. The van der Waals surface area contributed by atoms with Crippen LogP contribution in [0.3, 0.4) is 0 Å². The Labute approximate surface area is 185 Å². The van der Waals surface area contributed by atoms with Gasteiger partial charge in [0.25, 0.3) is 0 Å². The molecule has 0 aromatic heterocycles. The third-order valence-electron chi connectivity index (χ3n) is 5.29. The summed E-state index contributed by atoms with van der Waals surface area (Å²) < 4.78 is 46.0. The second-order valence-corrected chi connectivity index (χ2v) is 7.47. The number of nitrogens with one attached hydrogen (secondary N) is 1. The van der Waals surface area contributed by atoms with Crippen LogP contribution in [-0.2, 0) is 17.5 Å². The Morgan fingerprint density at radius 1 is 1.22 bits per heavy atom. The first-order valence-corrected chi connectivity index (χ1v) is 10.4. The summed E-state index contributed by atoms with van der Waals surface area (Å²) in [4.78, 5) is 16.0. The van der Waals surface area contributed by atoms with E-state index in [2.05, 4.69) is 5.32 Å². The maximum Gasteiger partial charge on any atom is 0.417 e. The molecule has 9 heteroatoms. The number of alkyl halides is 3. The molecule has 0 aliphatic carbocycles. The van der Waals surface area contributed by atoms with Crippen LogP contribution in [0.5, 0.6) is 0 Å². The van der Waals surface area contributed by atoms with Gasteiger partial charge in [-0.15, -0.1) is 0 Å². The lowest BCUT2D eigenvalue weighted by Crippen LogP contribution is -2.59. The first kappa shape index (κ1) is 23.4. The fraction of sp³-hybridized carbons (Fsp3) is 0.391. The SMILES string of the molecule is CCNC(=O)N1CCN(c2ccc(C#N)c(C(F)(F)F)c2)CC1COCc1ccccc1. The summed E-state index contributed by atoms with van der Waals surface area (Å²) in [7, 11) is 0. The summed E-state index contributed by atoms with van der Waals surface area (Å²) in [5.74, 6) is 0.